The van der Waals surface area contributed by atoms with E-state index in [0.717, 1.165) is 0 Å². The Labute approximate surface area is 123 Å². The van der Waals surface area contributed by atoms with E-state index in [1.165, 1.54) is 12.1 Å². The molecule has 114 valence electrons. The number of hydrogen-bond acceptors (Lipinski definition) is 4. The summed E-state index contributed by atoms with van der Waals surface area (Å²) in [5, 5.41) is 10.1. The molecule has 0 saturated heterocycles. The number of nitrogens with one attached hydrogen (secondary N) is 1. The van der Waals surface area contributed by atoms with E-state index < -0.39 is 18.9 Å². The van der Waals surface area contributed by atoms with Gasteiger partial charge in [-0.25, -0.2) is 0 Å². The van der Waals surface area contributed by atoms with Gasteiger partial charge < -0.3 is 9.84 Å². The predicted molar refractivity (Wildman–Crippen MR) is 68.0 cm³/mol. The normalized spacial score (nSPS) is 13.3. The summed E-state index contributed by atoms with van der Waals surface area (Å²) in [6.45, 7) is -1.79. The number of rotatable bonds is 7. The van der Waals surface area contributed by atoms with Crippen LogP contribution in [0.4, 0.5) is 13.2 Å². The van der Waals surface area contributed by atoms with Gasteiger partial charge in [-0.05, 0) is 12.1 Å². The van der Waals surface area contributed by atoms with Gasteiger partial charge in [-0.3, -0.25) is 4.84 Å². The molecule has 1 atom stereocenters. The molecule has 1 aromatic carbocycles. The Morgan fingerprint density at radius 1 is 1.25 bits per heavy atom. The monoisotopic (exact) mass is 333 g/mol. The Balaban J connectivity index is 2.22. The largest absolute Gasteiger partial charge is 0.491 e. The topological polar surface area (TPSA) is 50.7 Å². The lowest BCUT2D eigenvalue weighted by Gasteiger charge is -2.14. The van der Waals surface area contributed by atoms with Crippen molar-refractivity contribution < 1.29 is 27.9 Å². The van der Waals surface area contributed by atoms with Gasteiger partial charge in [0.05, 0.1) is 16.6 Å². The summed E-state index contributed by atoms with van der Waals surface area (Å²) in [5.41, 5.74) is 2.00. The molecule has 0 aliphatic rings. The highest BCUT2D eigenvalue weighted by Crippen LogP contribution is 2.26. The fourth-order valence-corrected chi connectivity index (χ4v) is 1.39. The average molecular weight is 334 g/mol. The lowest BCUT2D eigenvalue weighted by Crippen LogP contribution is -2.34. The van der Waals surface area contributed by atoms with E-state index in [1.54, 1.807) is 6.07 Å². The van der Waals surface area contributed by atoms with Crippen LogP contribution < -0.4 is 10.2 Å². The molecule has 4 nitrogen and oxygen atoms in total. The summed E-state index contributed by atoms with van der Waals surface area (Å²) in [6.07, 6.45) is -5.47. The summed E-state index contributed by atoms with van der Waals surface area (Å²) in [7, 11) is 0. The Kier molecular flexibility index (Phi) is 6.84. The van der Waals surface area contributed by atoms with Crippen LogP contribution in [0.1, 0.15) is 0 Å². The van der Waals surface area contributed by atoms with E-state index >= 15 is 0 Å². The third kappa shape index (κ3) is 7.16. The van der Waals surface area contributed by atoms with Crippen molar-refractivity contribution in [2.45, 2.75) is 12.3 Å². The Morgan fingerprint density at radius 3 is 2.55 bits per heavy atom. The molecule has 2 N–H and O–H groups in total. The van der Waals surface area contributed by atoms with Gasteiger partial charge in [-0.1, -0.05) is 23.2 Å². The van der Waals surface area contributed by atoms with Crippen molar-refractivity contribution in [3.05, 3.63) is 28.2 Å². The molecular formula is C11H12Cl2F3NO3. The standard InChI is InChI=1S/C11H12Cl2F3NO3/c12-9-2-1-8(3-10(9)13)19-5-7(18)4-17-20-6-11(14,15)16/h1-3,7,17-18H,4-6H2. The maximum atomic E-state index is 11.7. The van der Waals surface area contributed by atoms with Crippen molar-refractivity contribution in [2.75, 3.05) is 19.8 Å². The Hall–Kier alpha value is -0.730. The van der Waals surface area contributed by atoms with Crippen LogP contribution in [-0.2, 0) is 4.84 Å². The summed E-state index contributed by atoms with van der Waals surface area (Å²) in [4.78, 5) is 4.13. The molecule has 0 aliphatic heterocycles. The fraction of sp³-hybridized carbons (Fsp3) is 0.455. The molecule has 20 heavy (non-hydrogen) atoms. The number of aliphatic hydroxyl groups is 1. The van der Waals surface area contributed by atoms with Crippen LogP contribution in [0.5, 0.6) is 5.75 Å². The van der Waals surface area contributed by atoms with Crippen molar-refractivity contribution in [2.24, 2.45) is 0 Å². The molecule has 0 aromatic heterocycles. The first-order valence-electron chi connectivity index (χ1n) is 5.45. The first-order valence-corrected chi connectivity index (χ1v) is 6.21. The number of hydroxylamine groups is 1. The van der Waals surface area contributed by atoms with Crippen molar-refractivity contribution >= 4 is 23.2 Å². The highest BCUT2D eigenvalue weighted by atomic mass is 35.5. The highest BCUT2D eigenvalue weighted by molar-refractivity contribution is 6.42. The number of benzene rings is 1. The Morgan fingerprint density at radius 2 is 1.95 bits per heavy atom. The molecular weight excluding hydrogens is 322 g/mol. The highest BCUT2D eigenvalue weighted by Gasteiger charge is 2.27. The minimum absolute atomic E-state index is 0.139. The van der Waals surface area contributed by atoms with Crippen LogP contribution in [0.25, 0.3) is 0 Å². The molecule has 0 radical (unpaired) electrons. The second-order valence-corrected chi connectivity index (χ2v) is 4.61. The number of ether oxygens (including phenoxy) is 1. The smallest absolute Gasteiger partial charge is 0.413 e. The third-order valence-corrected chi connectivity index (χ3v) is 2.73. The molecule has 0 bridgehead atoms. The van der Waals surface area contributed by atoms with E-state index in [2.05, 4.69) is 4.84 Å². The number of hydrogen-bond donors (Lipinski definition) is 2. The van der Waals surface area contributed by atoms with Gasteiger partial charge in [0.25, 0.3) is 0 Å². The van der Waals surface area contributed by atoms with E-state index in [-0.39, 0.29) is 13.2 Å². The van der Waals surface area contributed by atoms with Crippen LogP contribution in [-0.4, -0.2) is 37.1 Å². The first-order chi connectivity index (χ1) is 9.28. The molecule has 0 spiro atoms. The molecule has 0 fully saturated rings. The SMILES string of the molecule is OC(CNOCC(F)(F)F)COc1ccc(Cl)c(Cl)c1. The lowest BCUT2D eigenvalue weighted by atomic mass is 10.3. The summed E-state index contributed by atoms with van der Waals surface area (Å²) < 4.78 is 40.4. The number of aliphatic hydroxyl groups excluding tert-OH is 1. The zero-order valence-electron chi connectivity index (χ0n) is 10.1. The summed E-state index contributed by atoms with van der Waals surface area (Å²) in [5.74, 6) is 0.384. The zero-order chi connectivity index (χ0) is 15.2. The van der Waals surface area contributed by atoms with Crippen LogP contribution >= 0.6 is 23.2 Å². The summed E-state index contributed by atoms with van der Waals surface area (Å²) >= 11 is 11.5. The number of halogens is 5. The number of alkyl halides is 3. The minimum atomic E-state index is -4.42. The lowest BCUT2D eigenvalue weighted by molar-refractivity contribution is -0.191. The molecule has 1 rings (SSSR count). The van der Waals surface area contributed by atoms with Gasteiger partial charge in [-0.2, -0.15) is 18.7 Å². The second kappa shape index (κ2) is 7.90. The molecule has 0 saturated carbocycles. The Bertz CT molecular complexity index is 432. The van der Waals surface area contributed by atoms with Crippen LogP contribution in [0.3, 0.4) is 0 Å². The maximum absolute atomic E-state index is 11.7. The average Bonchev–Trinajstić information content (AvgIpc) is 2.35. The van der Waals surface area contributed by atoms with Gasteiger partial charge in [0.1, 0.15) is 18.5 Å². The summed E-state index contributed by atoms with van der Waals surface area (Å²) in [6, 6.07) is 4.54. The van der Waals surface area contributed by atoms with E-state index in [9.17, 15) is 18.3 Å². The van der Waals surface area contributed by atoms with Crippen molar-refractivity contribution in [1.82, 2.24) is 5.48 Å². The van der Waals surface area contributed by atoms with Crippen LogP contribution in [0.15, 0.2) is 18.2 Å². The van der Waals surface area contributed by atoms with E-state index in [0.29, 0.717) is 15.8 Å². The maximum Gasteiger partial charge on any atom is 0.413 e. The minimum Gasteiger partial charge on any atom is -0.491 e. The van der Waals surface area contributed by atoms with E-state index in [4.69, 9.17) is 27.9 Å². The van der Waals surface area contributed by atoms with Crippen LogP contribution in [0.2, 0.25) is 10.0 Å². The van der Waals surface area contributed by atoms with Crippen molar-refractivity contribution in [3.63, 3.8) is 0 Å². The van der Waals surface area contributed by atoms with Gasteiger partial charge in [0.2, 0.25) is 0 Å². The molecule has 0 heterocycles. The molecule has 0 amide bonds. The van der Waals surface area contributed by atoms with Gasteiger partial charge in [0, 0.05) is 6.07 Å². The van der Waals surface area contributed by atoms with Crippen molar-refractivity contribution in [1.29, 1.82) is 0 Å². The zero-order valence-corrected chi connectivity index (χ0v) is 11.6. The second-order valence-electron chi connectivity index (χ2n) is 3.79. The van der Waals surface area contributed by atoms with Gasteiger partial charge in [0.15, 0.2) is 6.61 Å². The molecule has 9 heteroatoms. The first kappa shape index (κ1) is 17.3. The van der Waals surface area contributed by atoms with Crippen molar-refractivity contribution in [3.8, 4) is 5.75 Å². The predicted octanol–water partition coefficient (Wildman–Crippen LogP) is 2.82. The fourth-order valence-electron chi connectivity index (χ4n) is 1.11. The van der Waals surface area contributed by atoms with E-state index in [1.807, 2.05) is 5.48 Å². The molecule has 1 aromatic rings. The quantitative estimate of drug-likeness (QED) is 0.595. The van der Waals surface area contributed by atoms with Gasteiger partial charge in [-0.15, -0.1) is 0 Å². The van der Waals surface area contributed by atoms with Crippen LogP contribution in [0, 0.1) is 0 Å². The van der Waals surface area contributed by atoms with Gasteiger partial charge >= 0.3 is 6.18 Å². The molecule has 0 aliphatic carbocycles. The molecule has 1 unspecified atom stereocenters. The third-order valence-electron chi connectivity index (χ3n) is 1.99.